The van der Waals surface area contributed by atoms with Gasteiger partial charge in [-0.25, -0.2) is 0 Å². The summed E-state index contributed by atoms with van der Waals surface area (Å²) in [5.41, 5.74) is 1.31. The van der Waals surface area contributed by atoms with Gasteiger partial charge in [0, 0.05) is 12.3 Å². The molecule has 0 aromatic carbocycles. The van der Waals surface area contributed by atoms with Crippen LogP contribution < -0.4 is 0 Å². The van der Waals surface area contributed by atoms with Gasteiger partial charge in [-0.15, -0.1) is 0 Å². The Kier molecular flexibility index (Phi) is 3.95. The zero-order valence-corrected chi connectivity index (χ0v) is 7.34. The Morgan fingerprint density at radius 1 is 1.55 bits per heavy atom. The van der Waals surface area contributed by atoms with Crippen molar-refractivity contribution >= 4 is 5.71 Å². The summed E-state index contributed by atoms with van der Waals surface area (Å²) in [7, 11) is 0. The van der Waals surface area contributed by atoms with Gasteiger partial charge in [0.15, 0.2) is 0 Å². The van der Waals surface area contributed by atoms with E-state index in [0.29, 0.717) is 0 Å². The smallest absolute Gasteiger partial charge is 0.0392 e. The van der Waals surface area contributed by atoms with Crippen LogP contribution in [0.15, 0.2) is 17.1 Å². The van der Waals surface area contributed by atoms with Crippen LogP contribution in [0.5, 0.6) is 0 Å². The first-order valence-electron chi connectivity index (χ1n) is 4.63. The Labute approximate surface area is 69.2 Å². The Bertz CT molecular complexity index is 156. The van der Waals surface area contributed by atoms with Crippen molar-refractivity contribution in [1.29, 1.82) is 0 Å². The monoisotopic (exact) mass is 151 g/mol. The van der Waals surface area contributed by atoms with Crippen molar-refractivity contribution in [3.8, 4) is 0 Å². The minimum atomic E-state index is 1.02. The summed E-state index contributed by atoms with van der Waals surface area (Å²) in [4.78, 5) is 4.50. The highest BCUT2D eigenvalue weighted by atomic mass is 14.7. The third kappa shape index (κ3) is 3.35. The van der Waals surface area contributed by atoms with Crippen LogP contribution in [-0.4, -0.2) is 12.3 Å². The second kappa shape index (κ2) is 5.11. The highest BCUT2D eigenvalue weighted by Crippen LogP contribution is 2.07. The Hall–Kier alpha value is -0.590. The quantitative estimate of drug-likeness (QED) is 0.550. The molecule has 0 saturated heterocycles. The van der Waals surface area contributed by atoms with Gasteiger partial charge in [-0.3, -0.25) is 4.99 Å². The number of nitrogens with zero attached hydrogens (tertiary/aromatic N) is 1. The van der Waals surface area contributed by atoms with E-state index in [-0.39, 0.29) is 0 Å². The van der Waals surface area contributed by atoms with E-state index < -0.39 is 0 Å². The fourth-order valence-electron chi connectivity index (χ4n) is 1.22. The van der Waals surface area contributed by atoms with Crippen LogP contribution in [0.4, 0.5) is 0 Å². The lowest BCUT2D eigenvalue weighted by Crippen LogP contribution is -1.99. The maximum atomic E-state index is 4.50. The molecule has 0 bridgehead atoms. The molecule has 1 rings (SSSR count). The maximum Gasteiger partial charge on any atom is 0.0392 e. The van der Waals surface area contributed by atoms with Crippen LogP contribution in [0.25, 0.3) is 0 Å². The van der Waals surface area contributed by atoms with Crippen LogP contribution in [0.2, 0.25) is 0 Å². The summed E-state index contributed by atoms with van der Waals surface area (Å²) >= 11 is 0. The number of aliphatic imine (C=N–C) groups is 1. The van der Waals surface area contributed by atoms with Gasteiger partial charge in [0.25, 0.3) is 0 Å². The van der Waals surface area contributed by atoms with Gasteiger partial charge in [0.2, 0.25) is 0 Å². The third-order valence-electron chi connectivity index (χ3n) is 1.94. The third-order valence-corrected chi connectivity index (χ3v) is 1.94. The summed E-state index contributed by atoms with van der Waals surface area (Å²) in [6, 6.07) is 0. The van der Waals surface area contributed by atoms with Crippen LogP contribution in [0, 0.1) is 0 Å². The van der Waals surface area contributed by atoms with Crippen LogP contribution in [0.1, 0.15) is 39.0 Å². The summed E-state index contributed by atoms with van der Waals surface area (Å²) in [6.45, 7) is 3.23. The molecule has 1 heteroatoms. The highest BCUT2D eigenvalue weighted by molar-refractivity contribution is 5.95. The fraction of sp³-hybridized carbons (Fsp3) is 0.700. The van der Waals surface area contributed by atoms with Crippen molar-refractivity contribution < 1.29 is 0 Å². The molecule has 0 atom stereocenters. The average Bonchev–Trinajstić information content (AvgIpc) is 2.07. The molecule has 0 spiro atoms. The van der Waals surface area contributed by atoms with E-state index >= 15 is 0 Å². The summed E-state index contributed by atoms with van der Waals surface area (Å²) in [5.74, 6) is 0. The normalized spacial score (nSPS) is 21.0. The number of unbranched alkanes of at least 4 members (excludes halogenated alkanes) is 1. The van der Waals surface area contributed by atoms with E-state index in [2.05, 4.69) is 24.1 Å². The molecule has 0 unspecified atom stereocenters. The van der Waals surface area contributed by atoms with Crippen molar-refractivity contribution in [2.45, 2.75) is 39.0 Å². The van der Waals surface area contributed by atoms with Gasteiger partial charge in [-0.2, -0.15) is 0 Å². The lowest BCUT2D eigenvalue weighted by molar-refractivity contribution is 0.798. The number of rotatable bonds is 3. The molecule has 62 valence electrons. The standard InChI is InChI=1S/C10H17N/c1-2-3-9-11-10-7-5-4-6-8-10/h5,7H,2-4,6,8-9H2,1H3. The lowest BCUT2D eigenvalue weighted by atomic mass is 10.1. The Morgan fingerprint density at radius 3 is 3.09 bits per heavy atom. The lowest BCUT2D eigenvalue weighted by Gasteiger charge is -2.05. The second-order valence-corrected chi connectivity index (χ2v) is 3.02. The minimum absolute atomic E-state index is 1.02. The minimum Gasteiger partial charge on any atom is -0.290 e. The zero-order valence-electron chi connectivity index (χ0n) is 7.34. The molecule has 11 heavy (non-hydrogen) atoms. The van der Waals surface area contributed by atoms with Crippen molar-refractivity contribution in [3.63, 3.8) is 0 Å². The Morgan fingerprint density at radius 2 is 2.45 bits per heavy atom. The fourth-order valence-corrected chi connectivity index (χ4v) is 1.22. The van der Waals surface area contributed by atoms with Gasteiger partial charge in [-0.1, -0.05) is 19.4 Å². The molecule has 0 N–H and O–H groups in total. The van der Waals surface area contributed by atoms with Gasteiger partial charge in [0.05, 0.1) is 0 Å². The van der Waals surface area contributed by atoms with Crippen molar-refractivity contribution in [2.75, 3.05) is 6.54 Å². The van der Waals surface area contributed by atoms with Crippen molar-refractivity contribution in [3.05, 3.63) is 12.2 Å². The number of allylic oxidation sites excluding steroid dienone is 2. The second-order valence-electron chi connectivity index (χ2n) is 3.02. The van der Waals surface area contributed by atoms with Crippen molar-refractivity contribution in [1.82, 2.24) is 0 Å². The maximum absolute atomic E-state index is 4.50. The molecule has 1 aliphatic carbocycles. The SMILES string of the molecule is CCCCN=C1C=CCCC1. The van der Waals surface area contributed by atoms with E-state index in [1.165, 1.54) is 37.8 Å². The number of hydrogen-bond acceptors (Lipinski definition) is 1. The summed E-state index contributed by atoms with van der Waals surface area (Å²) < 4.78 is 0. The van der Waals surface area contributed by atoms with E-state index in [1.54, 1.807) is 0 Å². The first-order chi connectivity index (χ1) is 5.43. The molecule has 0 aromatic heterocycles. The van der Waals surface area contributed by atoms with E-state index in [9.17, 15) is 0 Å². The predicted molar refractivity (Wildman–Crippen MR) is 50.2 cm³/mol. The van der Waals surface area contributed by atoms with Crippen LogP contribution in [0.3, 0.4) is 0 Å². The van der Waals surface area contributed by atoms with Gasteiger partial charge < -0.3 is 0 Å². The molecule has 1 nitrogen and oxygen atoms in total. The molecule has 0 fully saturated rings. The molecule has 0 aromatic rings. The molecule has 0 aliphatic heterocycles. The highest BCUT2D eigenvalue weighted by Gasteiger charge is 1.98. The van der Waals surface area contributed by atoms with E-state index in [4.69, 9.17) is 0 Å². The van der Waals surface area contributed by atoms with Gasteiger partial charge in [0.1, 0.15) is 0 Å². The first-order valence-corrected chi connectivity index (χ1v) is 4.63. The van der Waals surface area contributed by atoms with Crippen LogP contribution in [-0.2, 0) is 0 Å². The van der Waals surface area contributed by atoms with Crippen molar-refractivity contribution in [2.24, 2.45) is 4.99 Å². The predicted octanol–water partition coefficient (Wildman–Crippen LogP) is 2.97. The largest absolute Gasteiger partial charge is 0.290 e. The molecule has 0 amide bonds. The molecule has 0 radical (unpaired) electrons. The topological polar surface area (TPSA) is 12.4 Å². The molecular weight excluding hydrogens is 134 g/mol. The molecular formula is C10H17N. The van der Waals surface area contributed by atoms with E-state index in [1.807, 2.05) is 0 Å². The van der Waals surface area contributed by atoms with Crippen LogP contribution >= 0.6 is 0 Å². The van der Waals surface area contributed by atoms with E-state index in [0.717, 1.165) is 6.54 Å². The summed E-state index contributed by atoms with van der Waals surface area (Å²) in [5, 5.41) is 0. The number of hydrogen-bond donors (Lipinski definition) is 0. The average molecular weight is 151 g/mol. The van der Waals surface area contributed by atoms with Gasteiger partial charge in [-0.05, 0) is 31.8 Å². The first kappa shape index (κ1) is 8.51. The van der Waals surface area contributed by atoms with Gasteiger partial charge >= 0.3 is 0 Å². The molecule has 0 saturated carbocycles. The Balaban J connectivity index is 2.26. The zero-order chi connectivity index (χ0) is 7.94. The summed E-state index contributed by atoms with van der Waals surface area (Å²) in [6.07, 6.45) is 10.6. The molecule has 1 aliphatic rings. The molecule has 0 heterocycles.